The van der Waals surface area contributed by atoms with Crippen LogP contribution in [0, 0.1) is 5.92 Å². The molecule has 1 saturated carbocycles. The summed E-state index contributed by atoms with van der Waals surface area (Å²) in [5, 5.41) is 5.46. The summed E-state index contributed by atoms with van der Waals surface area (Å²) in [5.74, 6) is -0.673. The molecule has 1 aliphatic heterocycles. The third-order valence-electron chi connectivity index (χ3n) is 7.26. The van der Waals surface area contributed by atoms with E-state index in [4.69, 9.17) is 9.47 Å². The summed E-state index contributed by atoms with van der Waals surface area (Å²) in [6.45, 7) is 7.77. The predicted molar refractivity (Wildman–Crippen MR) is 153 cm³/mol. The number of nitrogens with one attached hydrogen (secondary N) is 2. The first kappa shape index (κ1) is 28.0. The first-order valence-electron chi connectivity index (χ1n) is 13.5. The third-order valence-corrected chi connectivity index (χ3v) is 8.07. The highest BCUT2D eigenvalue weighted by atomic mass is 32.1. The molecule has 3 amide bonds. The molecule has 1 aliphatic carbocycles. The molecule has 212 valence electrons. The highest BCUT2D eigenvalue weighted by Gasteiger charge is 2.39. The van der Waals surface area contributed by atoms with Crippen molar-refractivity contribution >= 4 is 51.0 Å². The highest BCUT2D eigenvalue weighted by molar-refractivity contribution is 7.16. The number of thiazole rings is 1. The lowest BCUT2D eigenvalue weighted by atomic mass is 9.87. The van der Waals surface area contributed by atoms with Crippen LogP contribution in [-0.2, 0) is 19.1 Å². The van der Waals surface area contributed by atoms with Crippen molar-refractivity contribution < 1.29 is 23.9 Å². The monoisotopic (exact) mass is 565 g/mol. The highest BCUT2D eigenvalue weighted by Crippen LogP contribution is 2.44. The molecule has 3 heterocycles. The van der Waals surface area contributed by atoms with Crippen LogP contribution in [0.1, 0.15) is 70.0 Å². The predicted octanol–water partition coefficient (Wildman–Crippen LogP) is 5.48. The molecule has 2 fully saturated rings. The van der Waals surface area contributed by atoms with Gasteiger partial charge < -0.3 is 19.7 Å². The van der Waals surface area contributed by atoms with E-state index < -0.39 is 23.5 Å². The van der Waals surface area contributed by atoms with Crippen molar-refractivity contribution in [3.05, 3.63) is 47.1 Å². The second-order valence-electron chi connectivity index (χ2n) is 11.6. The van der Waals surface area contributed by atoms with Crippen LogP contribution in [0.3, 0.4) is 0 Å². The van der Waals surface area contributed by atoms with E-state index in [-0.39, 0.29) is 24.0 Å². The van der Waals surface area contributed by atoms with Crippen LogP contribution in [0.5, 0.6) is 0 Å². The van der Waals surface area contributed by atoms with Gasteiger partial charge in [0.2, 0.25) is 0 Å². The molecule has 1 saturated heterocycles. The minimum atomic E-state index is -0.737. The number of benzene rings is 1. The zero-order valence-corrected chi connectivity index (χ0v) is 24.2. The van der Waals surface area contributed by atoms with E-state index in [1.54, 1.807) is 55.7 Å². The Kier molecular flexibility index (Phi) is 7.78. The number of rotatable bonds is 5. The van der Waals surface area contributed by atoms with Gasteiger partial charge in [0, 0.05) is 25.1 Å². The molecule has 0 radical (unpaired) electrons. The van der Waals surface area contributed by atoms with Crippen LogP contribution in [-0.4, -0.2) is 58.1 Å². The lowest BCUT2D eigenvalue weighted by Gasteiger charge is -2.42. The fourth-order valence-corrected chi connectivity index (χ4v) is 5.82. The molecule has 10 nitrogen and oxygen atoms in total. The molecule has 1 aromatic carbocycles. The lowest BCUT2D eigenvalue weighted by Crippen LogP contribution is -2.50. The van der Waals surface area contributed by atoms with E-state index in [0.717, 1.165) is 34.2 Å². The van der Waals surface area contributed by atoms with Crippen LogP contribution in [0.25, 0.3) is 10.2 Å². The van der Waals surface area contributed by atoms with Gasteiger partial charge >= 0.3 is 17.9 Å². The van der Waals surface area contributed by atoms with Gasteiger partial charge in [-0.15, -0.1) is 11.3 Å². The van der Waals surface area contributed by atoms with Gasteiger partial charge in [-0.2, -0.15) is 0 Å². The van der Waals surface area contributed by atoms with Gasteiger partial charge in [-0.25, -0.2) is 14.8 Å². The largest absolute Gasteiger partial charge is 0.444 e. The van der Waals surface area contributed by atoms with Crippen LogP contribution < -0.4 is 10.6 Å². The molecule has 5 rings (SSSR count). The quantitative estimate of drug-likeness (QED) is 0.393. The number of aromatic nitrogens is 2. The van der Waals surface area contributed by atoms with E-state index in [2.05, 4.69) is 20.6 Å². The van der Waals surface area contributed by atoms with Crippen LogP contribution in [0.15, 0.2) is 36.0 Å². The average molecular weight is 566 g/mol. The average Bonchev–Trinajstić information content (AvgIpc) is 3.64. The third kappa shape index (κ3) is 6.26. The number of amides is 3. The Labute approximate surface area is 237 Å². The fraction of sp³-hybridized carbons (Fsp3) is 0.483. The van der Waals surface area contributed by atoms with E-state index in [0.29, 0.717) is 24.5 Å². The number of carbonyl (C=O) groups excluding carboxylic acids is 3. The topological polar surface area (TPSA) is 123 Å². The second kappa shape index (κ2) is 11.1. The maximum atomic E-state index is 13.6. The molecule has 40 heavy (non-hydrogen) atoms. The van der Waals surface area contributed by atoms with Crippen molar-refractivity contribution in [2.75, 3.05) is 24.3 Å². The van der Waals surface area contributed by atoms with Crippen LogP contribution in [0.4, 0.5) is 16.3 Å². The van der Waals surface area contributed by atoms with Crippen molar-refractivity contribution in [1.29, 1.82) is 0 Å². The zero-order chi connectivity index (χ0) is 28.6. The first-order valence-corrected chi connectivity index (χ1v) is 14.4. The van der Waals surface area contributed by atoms with Gasteiger partial charge in [0.15, 0.2) is 0 Å². The molecule has 3 aromatic rings. The smallest absolute Gasteiger partial charge is 0.413 e. The summed E-state index contributed by atoms with van der Waals surface area (Å²) in [4.78, 5) is 49.6. The number of ether oxygens (including phenoxy) is 2. The molecule has 0 unspecified atom stereocenters. The Morgan fingerprint density at radius 3 is 2.58 bits per heavy atom. The normalized spacial score (nSPS) is 21.2. The van der Waals surface area contributed by atoms with Crippen molar-refractivity contribution in [2.45, 2.75) is 70.6 Å². The Morgan fingerprint density at radius 1 is 1.10 bits per heavy atom. The molecule has 2 aliphatic rings. The van der Waals surface area contributed by atoms with Crippen molar-refractivity contribution in [3.63, 3.8) is 0 Å². The minimum absolute atomic E-state index is 0.0430. The van der Waals surface area contributed by atoms with Crippen LogP contribution >= 0.6 is 11.3 Å². The summed E-state index contributed by atoms with van der Waals surface area (Å²) in [5.41, 5.74) is 4.14. The number of piperidine rings is 1. The van der Waals surface area contributed by atoms with E-state index in [1.165, 1.54) is 6.20 Å². The SMILES string of the molecule is CO[C@@H]1C[C@@H](c2ccc3scnc3c2)N(C(=O)C(=O)Nc2cnc(NC(=O)OC(C)(C)C)c(C3CC3)c2)C[C@@H]1C. The van der Waals surface area contributed by atoms with Crippen molar-refractivity contribution in [3.8, 4) is 0 Å². The number of hydrogen-bond acceptors (Lipinski definition) is 8. The summed E-state index contributed by atoms with van der Waals surface area (Å²) in [6, 6.07) is 7.43. The molecular weight excluding hydrogens is 530 g/mol. The molecule has 3 atom stereocenters. The summed E-state index contributed by atoms with van der Waals surface area (Å²) in [7, 11) is 1.68. The fourth-order valence-electron chi connectivity index (χ4n) is 5.16. The van der Waals surface area contributed by atoms with Gasteiger partial charge in [-0.05, 0) is 69.7 Å². The molecule has 2 N–H and O–H groups in total. The Morgan fingerprint density at radius 2 is 1.88 bits per heavy atom. The van der Waals surface area contributed by atoms with E-state index in [9.17, 15) is 14.4 Å². The van der Waals surface area contributed by atoms with Gasteiger partial charge in [0.05, 0.1) is 39.8 Å². The Balaban J connectivity index is 1.34. The number of nitrogens with zero attached hydrogens (tertiary/aromatic N) is 3. The standard InChI is InChI=1S/C29H35N5O5S/c1-16-14-34(22(12-23(16)38-5)18-8-9-24-21(10-18)31-15-40-24)27(36)26(35)32-19-11-20(17-6-7-17)25(30-13-19)33-28(37)39-29(2,3)4/h8-11,13,15-17,22-23H,6-7,12,14H2,1-5H3,(H,32,35)(H,30,33,37)/t16-,22-,23+/m0/s1. The molecular formula is C29H35N5O5S. The van der Waals surface area contributed by atoms with Crippen LogP contribution in [0.2, 0.25) is 0 Å². The number of hydrogen-bond donors (Lipinski definition) is 2. The summed E-state index contributed by atoms with van der Waals surface area (Å²) >= 11 is 1.56. The number of fused-ring (bicyclic) bond motifs is 1. The zero-order valence-electron chi connectivity index (χ0n) is 23.4. The summed E-state index contributed by atoms with van der Waals surface area (Å²) < 4.78 is 12.1. The minimum Gasteiger partial charge on any atom is -0.444 e. The van der Waals surface area contributed by atoms with Gasteiger partial charge in [-0.1, -0.05) is 13.0 Å². The number of anilines is 2. The van der Waals surface area contributed by atoms with Gasteiger partial charge in [0.1, 0.15) is 11.4 Å². The maximum Gasteiger partial charge on any atom is 0.413 e. The van der Waals surface area contributed by atoms with E-state index >= 15 is 0 Å². The molecule has 2 aromatic heterocycles. The molecule has 0 bridgehead atoms. The lowest BCUT2D eigenvalue weighted by molar-refractivity contribution is -0.149. The number of carbonyl (C=O) groups is 3. The van der Waals surface area contributed by atoms with Gasteiger partial charge in [0.25, 0.3) is 0 Å². The maximum absolute atomic E-state index is 13.6. The first-order chi connectivity index (χ1) is 19.0. The summed E-state index contributed by atoms with van der Waals surface area (Å²) in [6.07, 6.45) is 3.29. The molecule has 11 heteroatoms. The Hall–Kier alpha value is -3.57. The van der Waals surface area contributed by atoms with Crippen molar-refractivity contribution in [1.82, 2.24) is 14.9 Å². The number of pyridine rings is 1. The Bertz CT molecular complexity index is 1430. The van der Waals surface area contributed by atoms with Gasteiger partial charge in [-0.3, -0.25) is 14.9 Å². The van der Waals surface area contributed by atoms with E-state index in [1.807, 2.05) is 25.1 Å². The van der Waals surface area contributed by atoms with Crippen molar-refractivity contribution in [2.24, 2.45) is 5.92 Å². The molecule has 0 spiro atoms. The second-order valence-corrected chi connectivity index (χ2v) is 12.4. The number of methoxy groups -OCH3 is 1. The number of likely N-dealkylation sites (tertiary alicyclic amines) is 1.